The lowest BCUT2D eigenvalue weighted by molar-refractivity contribution is 0.391. The second kappa shape index (κ2) is 6.76. The summed E-state index contributed by atoms with van der Waals surface area (Å²) in [6.07, 6.45) is 4.67. The van der Waals surface area contributed by atoms with Crippen LogP contribution in [0.2, 0.25) is 0 Å². The number of anilines is 1. The van der Waals surface area contributed by atoms with Gasteiger partial charge in [0.25, 0.3) is 0 Å². The Morgan fingerprint density at radius 2 is 2.05 bits per heavy atom. The first kappa shape index (κ1) is 14.9. The molecule has 1 aromatic rings. The third-order valence-corrected chi connectivity index (χ3v) is 4.26. The van der Waals surface area contributed by atoms with E-state index in [0.29, 0.717) is 5.92 Å². The van der Waals surface area contributed by atoms with Crippen LogP contribution < -0.4 is 10.2 Å². The van der Waals surface area contributed by atoms with Crippen molar-refractivity contribution in [1.82, 2.24) is 5.32 Å². The maximum atomic E-state index is 9.67. The molecule has 0 heterocycles. The Labute approximate surface area is 122 Å². The third-order valence-electron chi connectivity index (χ3n) is 4.26. The number of likely N-dealkylation sites (N-methyl/N-ethyl adjacent to an activating group) is 1. The molecule has 3 nitrogen and oxygen atoms in total. The fourth-order valence-corrected chi connectivity index (χ4v) is 2.76. The molecule has 1 aliphatic rings. The topological polar surface area (TPSA) is 39.1 Å². The summed E-state index contributed by atoms with van der Waals surface area (Å²) in [5.41, 5.74) is 0.820. The van der Waals surface area contributed by atoms with Crippen molar-refractivity contribution in [2.24, 2.45) is 5.92 Å². The van der Waals surface area contributed by atoms with Crippen LogP contribution in [0, 0.1) is 17.2 Å². The Morgan fingerprint density at radius 1 is 1.35 bits per heavy atom. The summed E-state index contributed by atoms with van der Waals surface area (Å²) in [6, 6.07) is 13.0. The molecule has 1 fully saturated rings. The number of para-hydroxylation sites is 1. The third kappa shape index (κ3) is 3.32. The molecule has 1 saturated carbocycles. The van der Waals surface area contributed by atoms with Gasteiger partial charge in [-0.2, -0.15) is 5.26 Å². The lowest BCUT2D eigenvalue weighted by Crippen LogP contribution is -2.53. The molecule has 20 heavy (non-hydrogen) atoms. The van der Waals surface area contributed by atoms with Crippen LogP contribution >= 0.6 is 0 Å². The molecule has 108 valence electrons. The largest absolute Gasteiger partial charge is 0.369 e. The zero-order chi connectivity index (χ0) is 14.4. The molecular formula is C17H25N3. The van der Waals surface area contributed by atoms with Gasteiger partial charge in [-0.25, -0.2) is 0 Å². The molecule has 1 aromatic carbocycles. The van der Waals surface area contributed by atoms with E-state index < -0.39 is 5.54 Å². The van der Waals surface area contributed by atoms with Crippen LogP contribution in [-0.2, 0) is 0 Å². The highest BCUT2D eigenvalue weighted by Gasteiger charge is 2.45. The summed E-state index contributed by atoms with van der Waals surface area (Å²) in [5.74, 6) is 0.505. The van der Waals surface area contributed by atoms with Crippen molar-refractivity contribution >= 4 is 5.69 Å². The van der Waals surface area contributed by atoms with Gasteiger partial charge in [0.1, 0.15) is 5.54 Å². The van der Waals surface area contributed by atoms with Gasteiger partial charge in [-0.15, -0.1) is 0 Å². The van der Waals surface area contributed by atoms with Gasteiger partial charge in [-0.1, -0.05) is 31.5 Å². The Bertz CT molecular complexity index is 447. The summed E-state index contributed by atoms with van der Waals surface area (Å²) in [7, 11) is 1.92. The number of benzene rings is 1. The summed E-state index contributed by atoms with van der Waals surface area (Å²) < 4.78 is 0. The van der Waals surface area contributed by atoms with Crippen LogP contribution in [0.1, 0.15) is 32.6 Å². The first-order valence-corrected chi connectivity index (χ1v) is 7.66. The molecule has 1 N–H and O–H groups in total. The van der Waals surface area contributed by atoms with E-state index in [1.54, 1.807) is 0 Å². The Morgan fingerprint density at radius 3 is 2.55 bits per heavy atom. The molecule has 0 radical (unpaired) electrons. The predicted octanol–water partition coefficient (Wildman–Crippen LogP) is 3.18. The van der Waals surface area contributed by atoms with Gasteiger partial charge in [0, 0.05) is 18.8 Å². The van der Waals surface area contributed by atoms with Crippen LogP contribution in [0.4, 0.5) is 5.69 Å². The zero-order valence-corrected chi connectivity index (χ0v) is 12.6. The molecule has 0 amide bonds. The van der Waals surface area contributed by atoms with E-state index in [4.69, 9.17) is 0 Å². The minimum absolute atomic E-state index is 0.399. The molecule has 3 heteroatoms. The first-order valence-electron chi connectivity index (χ1n) is 7.66. The van der Waals surface area contributed by atoms with E-state index in [0.717, 1.165) is 19.5 Å². The quantitative estimate of drug-likeness (QED) is 0.789. The molecule has 0 aromatic heterocycles. The van der Waals surface area contributed by atoms with Gasteiger partial charge in [0.2, 0.25) is 0 Å². The van der Waals surface area contributed by atoms with Gasteiger partial charge in [0.05, 0.1) is 6.07 Å². The molecule has 2 rings (SSSR count). The molecule has 0 aliphatic heterocycles. The average molecular weight is 271 g/mol. The number of hydrogen-bond donors (Lipinski definition) is 1. The van der Waals surface area contributed by atoms with Crippen LogP contribution in [0.5, 0.6) is 0 Å². The monoisotopic (exact) mass is 271 g/mol. The molecule has 0 saturated heterocycles. The molecule has 1 unspecified atom stereocenters. The number of nitrogens with zero attached hydrogens (tertiary/aromatic N) is 2. The van der Waals surface area contributed by atoms with Crippen molar-refractivity contribution in [3.8, 4) is 6.07 Å². The summed E-state index contributed by atoms with van der Waals surface area (Å²) >= 11 is 0. The Kier molecular flexibility index (Phi) is 5.03. The van der Waals surface area contributed by atoms with Crippen LogP contribution in [0.15, 0.2) is 30.3 Å². The molecule has 0 spiro atoms. The van der Waals surface area contributed by atoms with Crippen LogP contribution in [0.3, 0.4) is 0 Å². The second-order valence-electron chi connectivity index (χ2n) is 5.72. The van der Waals surface area contributed by atoms with Crippen molar-refractivity contribution in [3.05, 3.63) is 30.3 Å². The molecular weight excluding hydrogens is 246 g/mol. The number of nitrogens with one attached hydrogen (secondary N) is 1. The zero-order valence-electron chi connectivity index (χ0n) is 12.6. The highest BCUT2D eigenvalue weighted by atomic mass is 15.2. The molecule has 0 bridgehead atoms. The van der Waals surface area contributed by atoms with Crippen LogP contribution in [-0.4, -0.2) is 25.7 Å². The summed E-state index contributed by atoms with van der Waals surface area (Å²) in [5, 5.41) is 13.0. The van der Waals surface area contributed by atoms with Crippen molar-refractivity contribution in [2.75, 3.05) is 25.0 Å². The van der Waals surface area contributed by atoms with Gasteiger partial charge >= 0.3 is 0 Å². The van der Waals surface area contributed by atoms with Gasteiger partial charge < -0.3 is 10.2 Å². The maximum absolute atomic E-state index is 9.67. The number of hydrogen-bond acceptors (Lipinski definition) is 3. The lowest BCUT2D eigenvalue weighted by Gasteiger charge is -2.35. The maximum Gasteiger partial charge on any atom is 0.126 e. The van der Waals surface area contributed by atoms with Gasteiger partial charge in [0.15, 0.2) is 0 Å². The molecule has 1 aliphatic carbocycles. The summed E-state index contributed by atoms with van der Waals surface area (Å²) in [4.78, 5) is 2.36. The van der Waals surface area contributed by atoms with Crippen molar-refractivity contribution in [2.45, 2.75) is 38.1 Å². The minimum atomic E-state index is -0.399. The van der Waals surface area contributed by atoms with E-state index >= 15 is 0 Å². The van der Waals surface area contributed by atoms with E-state index in [1.807, 2.05) is 13.1 Å². The first-order chi connectivity index (χ1) is 9.75. The lowest BCUT2D eigenvalue weighted by atomic mass is 9.94. The fourth-order valence-electron chi connectivity index (χ4n) is 2.76. The highest BCUT2D eigenvalue weighted by Crippen LogP contribution is 2.40. The Hall–Kier alpha value is -1.53. The average Bonchev–Trinajstić information content (AvgIpc) is 3.34. The van der Waals surface area contributed by atoms with E-state index in [-0.39, 0.29) is 0 Å². The number of nitriles is 1. The standard InChI is InChI=1S/C17H25N3/c1-3-4-12-20(16-8-6-5-7-9-16)14-17(13-18,19-2)15-10-11-15/h5-9,15,19H,3-4,10-12,14H2,1-2H3. The number of rotatable bonds is 8. The van der Waals surface area contributed by atoms with Crippen molar-refractivity contribution < 1.29 is 0 Å². The molecule has 1 atom stereocenters. The number of unbranched alkanes of at least 4 members (excludes halogenated alkanes) is 1. The van der Waals surface area contributed by atoms with Crippen molar-refractivity contribution in [1.29, 1.82) is 5.26 Å². The van der Waals surface area contributed by atoms with E-state index in [9.17, 15) is 5.26 Å². The van der Waals surface area contributed by atoms with Gasteiger partial charge in [-0.05, 0) is 44.4 Å². The van der Waals surface area contributed by atoms with Crippen LogP contribution in [0.25, 0.3) is 0 Å². The van der Waals surface area contributed by atoms with Gasteiger partial charge in [-0.3, -0.25) is 0 Å². The van der Waals surface area contributed by atoms with E-state index in [1.165, 1.54) is 24.9 Å². The fraction of sp³-hybridized carbons (Fsp3) is 0.588. The highest BCUT2D eigenvalue weighted by molar-refractivity contribution is 5.47. The Balaban J connectivity index is 2.16. The van der Waals surface area contributed by atoms with Crippen molar-refractivity contribution in [3.63, 3.8) is 0 Å². The SMILES string of the molecule is CCCCN(CC(C#N)(NC)C1CC1)c1ccccc1. The minimum Gasteiger partial charge on any atom is -0.369 e. The second-order valence-corrected chi connectivity index (χ2v) is 5.72. The summed E-state index contributed by atoms with van der Waals surface area (Å²) in [6.45, 7) is 3.99. The van der Waals surface area contributed by atoms with E-state index in [2.05, 4.69) is 47.5 Å². The normalized spacial score (nSPS) is 17.2. The smallest absolute Gasteiger partial charge is 0.126 e. The predicted molar refractivity (Wildman–Crippen MR) is 83.7 cm³/mol.